The number of hydrogen-bond acceptors (Lipinski definition) is 8. The molecule has 1 aromatic rings. The molecule has 0 aromatic heterocycles. The predicted octanol–water partition coefficient (Wildman–Crippen LogP) is -0.261. The number of ether oxygens (including phenoxy) is 3. The first-order chi connectivity index (χ1) is 13.2. The highest BCUT2D eigenvalue weighted by molar-refractivity contribution is 7.80. The average Bonchev–Trinajstić information content (AvgIpc) is 2.87. The number of nitrogens with two attached hydrogens (primary N) is 1. The zero-order chi connectivity index (χ0) is 20.5. The van der Waals surface area contributed by atoms with Crippen LogP contribution in [0, 0.1) is 0 Å². The van der Waals surface area contributed by atoms with E-state index in [2.05, 4.69) is 4.28 Å². The van der Waals surface area contributed by atoms with Crippen LogP contribution in [-0.4, -0.2) is 68.5 Å². The Labute approximate surface area is 160 Å². The quantitative estimate of drug-likeness (QED) is 0.314. The number of nitrogens with zero attached hydrogens (tertiary/aromatic N) is 2. The lowest BCUT2D eigenvalue weighted by molar-refractivity contribution is -0.122. The van der Waals surface area contributed by atoms with E-state index < -0.39 is 34.4 Å². The van der Waals surface area contributed by atoms with Crippen molar-refractivity contribution in [1.82, 2.24) is 9.96 Å². The summed E-state index contributed by atoms with van der Waals surface area (Å²) in [5.41, 5.74) is 6.26. The molecular formula is C15H19N3O9S. The monoisotopic (exact) mass is 417 g/mol. The van der Waals surface area contributed by atoms with Crippen molar-refractivity contribution in [2.75, 3.05) is 33.7 Å². The fourth-order valence-corrected chi connectivity index (χ4v) is 3.56. The summed E-state index contributed by atoms with van der Waals surface area (Å²) >= 11 is 0. The molecule has 2 atom stereocenters. The van der Waals surface area contributed by atoms with Gasteiger partial charge in [-0.15, -0.1) is 4.28 Å². The maximum Gasteiger partial charge on any atom is 0.418 e. The van der Waals surface area contributed by atoms with Crippen molar-refractivity contribution in [3.8, 4) is 5.75 Å². The lowest BCUT2D eigenvalue weighted by atomic mass is 9.90. The van der Waals surface area contributed by atoms with Gasteiger partial charge in [-0.25, -0.2) is 4.79 Å². The number of primary amides is 1. The number of hydroxylamine groups is 2. The summed E-state index contributed by atoms with van der Waals surface area (Å²) in [6.07, 6.45) is 0. The van der Waals surface area contributed by atoms with Gasteiger partial charge in [0.05, 0.1) is 19.8 Å². The van der Waals surface area contributed by atoms with E-state index in [1.807, 2.05) is 0 Å². The Morgan fingerprint density at radius 3 is 2.71 bits per heavy atom. The summed E-state index contributed by atoms with van der Waals surface area (Å²) in [5, 5.41) is 0.496. The van der Waals surface area contributed by atoms with Crippen molar-refractivity contribution < 1.29 is 41.1 Å². The van der Waals surface area contributed by atoms with Gasteiger partial charge in [-0.05, 0) is 23.3 Å². The molecule has 154 valence electrons. The van der Waals surface area contributed by atoms with Crippen LogP contribution in [0.25, 0.3) is 0 Å². The summed E-state index contributed by atoms with van der Waals surface area (Å²) in [6.45, 7) is 0.605. The van der Waals surface area contributed by atoms with E-state index >= 15 is 0 Å². The second-order valence-corrected chi connectivity index (χ2v) is 7.04. The van der Waals surface area contributed by atoms with Crippen LogP contribution in [0.5, 0.6) is 5.75 Å². The van der Waals surface area contributed by atoms with Crippen LogP contribution < -0.4 is 10.5 Å². The SMILES string of the molecule is COCCOCOc1ccc2c(c1)C1CN(C(=O)N1OS(=O)(=O)O)C2C(N)=O. The fraction of sp³-hybridized carbons (Fsp3) is 0.467. The molecule has 2 bridgehead atoms. The topological polar surface area (TPSA) is 158 Å². The highest BCUT2D eigenvalue weighted by Gasteiger charge is 2.51. The van der Waals surface area contributed by atoms with E-state index in [0.717, 1.165) is 4.90 Å². The number of methoxy groups -OCH3 is 1. The molecule has 12 nitrogen and oxygen atoms in total. The first kappa shape index (κ1) is 20.3. The number of amides is 3. The van der Waals surface area contributed by atoms with Gasteiger partial charge in [0, 0.05) is 7.11 Å². The number of carbonyl (C=O) groups excluding carboxylic acids is 2. The van der Waals surface area contributed by atoms with Crippen LogP contribution in [0.3, 0.4) is 0 Å². The third-order valence-corrected chi connectivity index (χ3v) is 4.64. The van der Waals surface area contributed by atoms with Crippen molar-refractivity contribution in [2.45, 2.75) is 12.1 Å². The smallest absolute Gasteiger partial charge is 0.418 e. The Kier molecular flexibility index (Phi) is 5.71. The number of urea groups is 1. The maximum atomic E-state index is 12.5. The minimum Gasteiger partial charge on any atom is -0.468 e. The second-order valence-electron chi connectivity index (χ2n) is 6.04. The van der Waals surface area contributed by atoms with E-state index in [-0.39, 0.29) is 13.3 Å². The van der Waals surface area contributed by atoms with Crippen LogP contribution in [0.1, 0.15) is 23.2 Å². The van der Waals surface area contributed by atoms with E-state index in [9.17, 15) is 18.0 Å². The van der Waals surface area contributed by atoms with E-state index in [1.165, 1.54) is 13.2 Å². The van der Waals surface area contributed by atoms with Gasteiger partial charge in [-0.2, -0.15) is 13.5 Å². The molecule has 0 saturated carbocycles. The lowest BCUT2D eigenvalue weighted by Crippen LogP contribution is -2.41. The minimum absolute atomic E-state index is 0.0528. The average molecular weight is 417 g/mol. The second kappa shape index (κ2) is 7.89. The third kappa shape index (κ3) is 4.02. The molecule has 2 heterocycles. The summed E-state index contributed by atoms with van der Waals surface area (Å²) in [6, 6.07) is 1.75. The number of hydrogen-bond donors (Lipinski definition) is 2. The van der Waals surface area contributed by atoms with E-state index in [0.29, 0.717) is 35.2 Å². The first-order valence-electron chi connectivity index (χ1n) is 8.12. The molecule has 2 aliphatic heterocycles. The van der Waals surface area contributed by atoms with Crippen LogP contribution in [0.15, 0.2) is 18.2 Å². The van der Waals surface area contributed by atoms with E-state index in [4.69, 9.17) is 24.5 Å². The standard InChI is InChI=1S/C15H19N3O9S/c1-24-4-5-25-8-26-9-2-3-10-11(6-9)12-7-17(13(10)14(16)19)15(20)18(12)27-28(21,22)23/h2-3,6,12-13H,4-5,7-8H2,1H3,(H2,16,19)(H,21,22,23). The molecule has 0 radical (unpaired) electrons. The number of benzene rings is 1. The molecule has 28 heavy (non-hydrogen) atoms. The molecule has 2 unspecified atom stereocenters. The highest BCUT2D eigenvalue weighted by atomic mass is 32.3. The zero-order valence-electron chi connectivity index (χ0n) is 14.8. The van der Waals surface area contributed by atoms with Crippen LogP contribution in [-0.2, 0) is 29.0 Å². The van der Waals surface area contributed by atoms with Gasteiger partial charge in [0.1, 0.15) is 17.8 Å². The molecule has 2 aliphatic rings. The van der Waals surface area contributed by atoms with Gasteiger partial charge in [0.2, 0.25) is 5.91 Å². The summed E-state index contributed by atoms with van der Waals surface area (Å²) < 4.78 is 51.2. The summed E-state index contributed by atoms with van der Waals surface area (Å²) in [4.78, 5) is 25.5. The van der Waals surface area contributed by atoms with Gasteiger partial charge in [-0.3, -0.25) is 9.35 Å². The van der Waals surface area contributed by atoms with Gasteiger partial charge < -0.3 is 24.8 Å². The Morgan fingerprint density at radius 1 is 1.32 bits per heavy atom. The molecule has 0 aliphatic carbocycles. The van der Waals surface area contributed by atoms with Gasteiger partial charge in [0.25, 0.3) is 0 Å². The Morgan fingerprint density at radius 2 is 2.07 bits per heavy atom. The Hall–Kier alpha value is -2.45. The van der Waals surface area contributed by atoms with Crippen molar-refractivity contribution in [3.05, 3.63) is 29.3 Å². The minimum atomic E-state index is -4.95. The Balaban J connectivity index is 1.89. The van der Waals surface area contributed by atoms with Crippen LogP contribution in [0.4, 0.5) is 4.79 Å². The fourth-order valence-electron chi connectivity index (χ4n) is 3.19. The van der Waals surface area contributed by atoms with Gasteiger partial charge >= 0.3 is 16.4 Å². The van der Waals surface area contributed by atoms with E-state index in [1.54, 1.807) is 12.1 Å². The van der Waals surface area contributed by atoms with Crippen LogP contribution >= 0.6 is 0 Å². The van der Waals surface area contributed by atoms with Crippen molar-refractivity contribution in [3.63, 3.8) is 0 Å². The predicted molar refractivity (Wildman–Crippen MR) is 91.0 cm³/mol. The molecule has 0 spiro atoms. The summed E-state index contributed by atoms with van der Waals surface area (Å²) in [5.74, 6) is -0.433. The molecule has 1 aromatic carbocycles. The molecule has 3 rings (SSSR count). The van der Waals surface area contributed by atoms with Crippen molar-refractivity contribution >= 4 is 22.3 Å². The third-order valence-electron chi connectivity index (χ3n) is 4.30. The van der Waals surface area contributed by atoms with Crippen molar-refractivity contribution in [1.29, 1.82) is 0 Å². The molecule has 3 amide bonds. The Bertz CT molecular complexity index is 876. The zero-order valence-corrected chi connectivity index (χ0v) is 15.6. The molecule has 1 saturated heterocycles. The number of rotatable bonds is 9. The molecule has 3 N–H and O–H groups in total. The molecule has 13 heteroatoms. The number of fused-ring (bicyclic) bond motifs is 4. The first-order valence-corrected chi connectivity index (χ1v) is 9.49. The number of carbonyl (C=O) groups is 2. The maximum absolute atomic E-state index is 12.5. The molecule has 1 fully saturated rings. The summed E-state index contributed by atoms with van der Waals surface area (Å²) in [7, 11) is -3.42. The van der Waals surface area contributed by atoms with Crippen molar-refractivity contribution in [2.24, 2.45) is 5.73 Å². The van der Waals surface area contributed by atoms with Gasteiger partial charge in [-0.1, -0.05) is 6.07 Å². The lowest BCUT2D eigenvalue weighted by Gasteiger charge is -2.30. The highest BCUT2D eigenvalue weighted by Crippen LogP contribution is 2.45. The van der Waals surface area contributed by atoms with Crippen LogP contribution in [0.2, 0.25) is 0 Å². The largest absolute Gasteiger partial charge is 0.468 e. The normalized spacial score (nSPS) is 21.0. The molecular weight excluding hydrogens is 398 g/mol. The van der Waals surface area contributed by atoms with Gasteiger partial charge in [0.15, 0.2) is 6.79 Å².